The Morgan fingerprint density at radius 2 is 2.20 bits per heavy atom. The summed E-state index contributed by atoms with van der Waals surface area (Å²) in [5.41, 5.74) is 0. The third-order valence-electron chi connectivity index (χ3n) is 2.90. The molecule has 0 aromatic rings. The van der Waals surface area contributed by atoms with E-state index in [2.05, 4.69) is 33.8 Å². The van der Waals surface area contributed by atoms with E-state index in [9.17, 15) is 0 Å². The van der Waals surface area contributed by atoms with E-state index < -0.39 is 0 Å². The Kier molecular flexibility index (Phi) is 3.16. The molecule has 0 spiro atoms. The van der Waals surface area contributed by atoms with E-state index in [1.807, 2.05) is 6.08 Å². The van der Waals surface area contributed by atoms with E-state index in [0.717, 1.165) is 25.5 Å². The van der Waals surface area contributed by atoms with Crippen LogP contribution in [0, 0.1) is 0 Å². The van der Waals surface area contributed by atoms with Crippen LogP contribution >= 0.6 is 0 Å². The van der Waals surface area contributed by atoms with E-state index in [4.69, 9.17) is 0 Å². The predicted octanol–water partition coefficient (Wildman–Crippen LogP) is 0.665. The van der Waals surface area contributed by atoms with Gasteiger partial charge in [0.05, 0.1) is 0 Å². The van der Waals surface area contributed by atoms with Gasteiger partial charge in [-0.1, -0.05) is 0 Å². The molecular formula is C11H18N4. The molecule has 0 aromatic carbocycles. The number of nitrogens with one attached hydrogen (secondary N) is 1. The number of aliphatic imine (C=N–C) groups is 2. The van der Waals surface area contributed by atoms with Crippen molar-refractivity contribution in [3.05, 3.63) is 12.3 Å². The average Bonchev–Trinajstić information content (AvgIpc) is 2.23. The second-order valence-electron chi connectivity index (χ2n) is 4.03. The second-order valence-corrected chi connectivity index (χ2v) is 4.03. The van der Waals surface area contributed by atoms with Gasteiger partial charge in [0.2, 0.25) is 0 Å². The van der Waals surface area contributed by atoms with Gasteiger partial charge in [-0.05, 0) is 26.1 Å². The first-order valence-corrected chi connectivity index (χ1v) is 5.51. The van der Waals surface area contributed by atoms with Gasteiger partial charge in [0.25, 0.3) is 0 Å². The number of amidine groups is 1. The van der Waals surface area contributed by atoms with Gasteiger partial charge in [-0.15, -0.1) is 0 Å². The second kappa shape index (κ2) is 4.57. The lowest BCUT2D eigenvalue weighted by atomic mass is 9.91. The fourth-order valence-electron chi connectivity index (χ4n) is 2.24. The molecule has 0 aliphatic carbocycles. The molecule has 3 fully saturated rings. The highest BCUT2D eigenvalue weighted by atomic mass is 15.3. The van der Waals surface area contributed by atoms with Crippen LogP contribution in [0.25, 0.3) is 0 Å². The zero-order chi connectivity index (χ0) is 10.7. The van der Waals surface area contributed by atoms with Crippen LogP contribution in [0.1, 0.15) is 13.3 Å². The molecule has 4 nitrogen and oxygen atoms in total. The molecule has 3 aliphatic rings. The van der Waals surface area contributed by atoms with Crippen molar-refractivity contribution in [1.29, 1.82) is 0 Å². The molecule has 3 rings (SSSR count). The molecule has 2 bridgehead atoms. The minimum Gasteiger partial charge on any atom is -0.354 e. The van der Waals surface area contributed by atoms with Crippen LogP contribution in [-0.2, 0) is 0 Å². The molecule has 2 atom stereocenters. The molecule has 0 amide bonds. The maximum Gasteiger partial charge on any atom is 0.125 e. The van der Waals surface area contributed by atoms with Crippen molar-refractivity contribution in [2.75, 3.05) is 19.6 Å². The molecule has 2 unspecified atom stereocenters. The highest BCUT2D eigenvalue weighted by Crippen LogP contribution is 2.21. The Bertz CT molecular complexity index is 279. The average molecular weight is 206 g/mol. The summed E-state index contributed by atoms with van der Waals surface area (Å²) in [5.74, 6) is 1.04. The van der Waals surface area contributed by atoms with E-state index >= 15 is 0 Å². The van der Waals surface area contributed by atoms with E-state index in [1.54, 1.807) is 6.20 Å². The molecule has 4 heteroatoms. The number of hydrogen-bond acceptors (Lipinski definition) is 3. The summed E-state index contributed by atoms with van der Waals surface area (Å²) in [5, 5.41) is 3.51. The van der Waals surface area contributed by atoms with Crippen molar-refractivity contribution >= 4 is 12.6 Å². The first-order valence-electron chi connectivity index (χ1n) is 5.51. The number of piperidine rings is 1. The van der Waals surface area contributed by atoms with Crippen LogP contribution in [0.15, 0.2) is 22.3 Å². The molecule has 3 aliphatic heterocycles. The normalized spacial score (nSPS) is 30.5. The molecule has 1 N–H and O–H groups in total. The van der Waals surface area contributed by atoms with E-state index in [-0.39, 0.29) is 0 Å². The Hall–Kier alpha value is -1.16. The summed E-state index contributed by atoms with van der Waals surface area (Å²) in [6.07, 6.45) is 4.97. The number of nitrogens with zero attached hydrogens (tertiary/aromatic N) is 3. The fraction of sp³-hybridized carbons (Fsp3) is 0.636. The van der Waals surface area contributed by atoms with E-state index in [0.29, 0.717) is 12.1 Å². The first kappa shape index (κ1) is 10.4. The Labute approximate surface area is 90.8 Å². The minimum atomic E-state index is 0.663. The van der Waals surface area contributed by atoms with Crippen LogP contribution in [0.4, 0.5) is 0 Å². The van der Waals surface area contributed by atoms with Crippen molar-refractivity contribution in [3.63, 3.8) is 0 Å². The largest absolute Gasteiger partial charge is 0.354 e. The molecule has 3 saturated heterocycles. The first-order chi connectivity index (χ1) is 7.33. The molecular weight excluding hydrogens is 188 g/mol. The highest BCUT2D eigenvalue weighted by Gasteiger charge is 2.36. The smallest absolute Gasteiger partial charge is 0.125 e. The molecule has 0 aromatic heterocycles. The van der Waals surface area contributed by atoms with Crippen molar-refractivity contribution in [1.82, 2.24) is 10.2 Å². The highest BCUT2D eigenvalue weighted by molar-refractivity contribution is 5.93. The zero-order valence-corrected chi connectivity index (χ0v) is 9.19. The van der Waals surface area contributed by atoms with Gasteiger partial charge in [-0.3, -0.25) is 9.98 Å². The van der Waals surface area contributed by atoms with Crippen LogP contribution in [0.2, 0.25) is 0 Å². The maximum atomic E-state index is 4.48. The SMILES string of the molecule is C=N/C=C\C(=N/CC)N1CC2CC(C1)N2. The summed E-state index contributed by atoms with van der Waals surface area (Å²) in [6.45, 7) is 8.44. The Balaban J connectivity index is 2.01. The van der Waals surface area contributed by atoms with Crippen molar-refractivity contribution in [2.45, 2.75) is 25.4 Å². The van der Waals surface area contributed by atoms with Crippen molar-refractivity contribution in [2.24, 2.45) is 9.98 Å². The van der Waals surface area contributed by atoms with Gasteiger partial charge in [0.1, 0.15) is 5.84 Å². The lowest BCUT2D eigenvalue weighted by Gasteiger charge is -2.49. The molecule has 82 valence electrons. The molecule has 0 radical (unpaired) electrons. The van der Waals surface area contributed by atoms with Gasteiger partial charge in [-0.2, -0.15) is 0 Å². The Morgan fingerprint density at radius 1 is 1.53 bits per heavy atom. The lowest BCUT2D eigenvalue weighted by Crippen LogP contribution is -2.67. The van der Waals surface area contributed by atoms with Gasteiger partial charge in [0.15, 0.2) is 0 Å². The number of fused-ring (bicyclic) bond motifs is 2. The number of rotatable bonds is 3. The van der Waals surface area contributed by atoms with E-state index in [1.165, 1.54) is 6.42 Å². The van der Waals surface area contributed by atoms with Crippen molar-refractivity contribution in [3.8, 4) is 0 Å². The standard InChI is InChI=1S/C11H18N4/c1-3-13-11(4-5-12-2)15-7-9-6-10(8-15)14-9/h4-5,9-10,14H,2-3,6-8H2,1H3/b5-4-,13-11+. The van der Waals surface area contributed by atoms with Gasteiger partial charge in [-0.25, -0.2) is 0 Å². The van der Waals surface area contributed by atoms with Crippen LogP contribution < -0.4 is 5.32 Å². The quantitative estimate of drug-likeness (QED) is 0.544. The topological polar surface area (TPSA) is 40.0 Å². The molecule has 15 heavy (non-hydrogen) atoms. The van der Waals surface area contributed by atoms with Crippen LogP contribution in [0.5, 0.6) is 0 Å². The van der Waals surface area contributed by atoms with Crippen molar-refractivity contribution < 1.29 is 0 Å². The number of piperazine rings is 1. The molecule has 3 heterocycles. The van der Waals surface area contributed by atoms with Gasteiger partial charge in [0, 0.05) is 37.9 Å². The zero-order valence-electron chi connectivity index (χ0n) is 9.19. The summed E-state index contributed by atoms with van der Waals surface area (Å²) < 4.78 is 0. The summed E-state index contributed by atoms with van der Waals surface area (Å²) in [6, 6.07) is 1.33. The third-order valence-corrected chi connectivity index (χ3v) is 2.90. The predicted molar refractivity (Wildman–Crippen MR) is 63.6 cm³/mol. The summed E-state index contributed by atoms with van der Waals surface area (Å²) in [4.78, 5) is 10.5. The fourth-order valence-corrected chi connectivity index (χ4v) is 2.24. The van der Waals surface area contributed by atoms with Crippen LogP contribution in [-0.4, -0.2) is 49.2 Å². The van der Waals surface area contributed by atoms with Gasteiger partial charge >= 0.3 is 0 Å². The maximum absolute atomic E-state index is 4.48. The third kappa shape index (κ3) is 2.26. The van der Waals surface area contributed by atoms with Crippen LogP contribution in [0.3, 0.4) is 0 Å². The lowest BCUT2D eigenvalue weighted by molar-refractivity contribution is 0.128. The minimum absolute atomic E-state index is 0.663. The summed E-state index contributed by atoms with van der Waals surface area (Å²) in [7, 11) is 0. The van der Waals surface area contributed by atoms with Gasteiger partial charge < -0.3 is 10.2 Å². The molecule has 0 saturated carbocycles. The monoisotopic (exact) mass is 206 g/mol. The Morgan fingerprint density at radius 3 is 2.73 bits per heavy atom. The number of hydrogen-bond donors (Lipinski definition) is 1. The summed E-state index contributed by atoms with van der Waals surface area (Å²) >= 11 is 0.